The van der Waals surface area contributed by atoms with Crippen LogP contribution in [0, 0.1) is 0 Å². The van der Waals surface area contributed by atoms with Crippen molar-refractivity contribution < 1.29 is 9.90 Å². The van der Waals surface area contributed by atoms with Gasteiger partial charge in [-0.05, 0) is 25.5 Å². The van der Waals surface area contributed by atoms with Crippen molar-refractivity contribution in [1.82, 2.24) is 14.5 Å². The molecule has 19 heavy (non-hydrogen) atoms. The Morgan fingerprint density at radius 2 is 2.37 bits per heavy atom. The molecule has 0 saturated carbocycles. The fourth-order valence-corrected chi connectivity index (χ4v) is 1.72. The second-order valence-corrected chi connectivity index (χ2v) is 4.35. The zero-order valence-corrected chi connectivity index (χ0v) is 10.7. The number of nitrogens with zero attached hydrogens (tertiary/aromatic N) is 3. The van der Waals surface area contributed by atoms with Gasteiger partial charge in [-0.2, -0.15) is 0 Å². The summed E-state index contributed by atoms with van der Waals surface area (Å²) in [6.07, 6.45) is 7.68. The lowest BCUT2D eigenvalue weighted by Gasteiger charge is -2.14. The van der Waals surface area contributed by atoms with E-state index in [1.54, 1.807) is 18.7 Å². The molecule has 0 bridgehead atoms. The van der Waals surface area contributed by atoms with Crippen LogP contribution in [0.5, 0.6) is 0 Å². The summed E-state index contributed by atoms with van der Waals surface area (Å²) in [6.45, 7) is 1.95. The molecule has 2 rings (SSSR count). The highest BCUT2D eigenvalue weighted by molar-refractivity contribution is 5.66. The van der Waals surface area contributed by atoms with Crippen LogP contribution < -0.4 is 5.32 Å². The number of hydrogen-bond donors (Lipinski definition) is 2. The molecule has 0 radical (unpaired) electrons. The van der Waals surface area contributed by atoms with Crippen molar-refractivity contribution in [3.05, 3.63) is 37.1 Å². The number of carboxylic acid groups (broad SMARTS) is 1. The number of rotatable bonds is 6. The van der Waals surface area contributed by atoms with Crippen LogP contribution in [0.1, 0.15) is 19.8 Å². The summed E-state index contributed by atoms with van der Waals surface area (Å²) >= 11 is 0. The van der Waals surface area contributed by atoms with E-state index in [2.05, 4.69) is 15.3 Å². The molecule has 0 saturated heterocycles. The smallest absolute Gasteiger partial charge is 0.303 e. The van der Waals surface area contributed by atoms with Gasteiger partial charge in [0, 0.05) is 24.9 Å². The van der Waals surface area contributed by atoms with E-state index >= 15 is 0 Å². The first kappa shape index (κ1) is 13.1. The van der Waals surface area contributed by atoms with Crippen molar-refractivity contribution >= 4 is 11.7 Å². The molecule has 2 N–H and O–H groups in total. The molecular weight excluding hydrogens is 244 g/mol. The normalized spacial score (nSPS) is 12.1. The highest BCUT2D eigenvalue weighted by Crippen LogP contribution is 2.12. The van der Waals surface area contributed by atoms with Gasteiger partial charge in [-0.1, -0.05) is 0 Å². The van der Waals surface area contributed by atoms with Crippen LogP contribution in [0.25, 0.3) is 5.82 Å². The first-order valence-electron chi connectivity index (χ1n) is 6.08. The van der Waals surface area contributed by atoms with Crippen molar-refractivity contribution in [3.8, 4) is 5.82 Å². The topological polar surface area (TPSA) is 80.0 Å². The number of imidazole rings is 1. The fourth-order valence-electron chi connectivity index (χ4n) is 1.72. The summed E-state index contributed by atoms with van der Waals surface area (Å²) < 4.78 is 1.82. The molecular formula is C13H16N4O2. The number of anilines is 1. The maximum atomic E-state index is 10.5. The average Bonchev–Trinajstić information content (AvgIpc) is 2.91. The number of nitrogens with one attached hydrogen (secondary N) is 1. The van der Waals surface area contributed by atoms with Crippen LogP contribution in [0.15, 0.2) is 37.1 Å². The number of pyridine rings is 1. The van der Waals surface area contributed by atoms with Crippen LogP contribution in [0.4, 0.5) is 5.69 Å². The zero-order chi connectivity index (χ0) is 13.7. The largest absolute Gasteiger partial charge is 0.481 e. The Hall–Kier alpha value is -2.37. The van der Waals surface area contributed by atoms with Crippen LogP contribution >= 0.6 is 0 Å². The van der Waals surface area contributed by atoms with Gasteiger partial charge in [0.25, 0.3) is 0 Å². The summed E-state index contributed by atoms with van der Waals surface area (Å²) in [5, 5.41) is 11.8. The summed E-state index contributed by atoms with van der Waals surface area (Å²) in [5.41, 5.74) is 0.877. The molecule has 0 fully saturated rings. The third kappa shape index (κ3) is 3.80. The highest BCUT2D eigenvalue weighted by atomic mass is 16.4. The van der Waals surface area contributed by atoms with E-state index in [-0.39, 0.29) is 12.5 Å². The SMILES string of the molecule is CC(CCC(=O)O)Nc1ccc(-n2ccnc2)nc1. The summed E-state index contributed by atoms with van der Waals surface area (Å²) in [5.74, 6) is 0.0171. The molecule has 100 valence electrons. The molecule has 0 amide bonds. The Morgan fingerprint density at radius 3 is 2.95 bits per heavy atom. The Balaban J connectivity index is 1.93. The molecule has 2 heterocycles. The predicted octanol–water partition coefficient (Wildman–Crippen LogP) is 1.93. The average molecular weight is 260 g/mol. The molecule has 1 atom stereocenters. The first-order chi connectivity index (χ1) is 9.15. The lowest BCUT2D eigenvalue weighted by atomic mass is 10.2. The summed E-state index contributed by atoms with van der Waals surface area (Å²) in [7, 11) is 0. The van der Waals surface area contributed by atoms with Crippen LogP contribution in [0.2, 0.25) is 0 Å². The standard InChI is InChI=1S/C13H16N4O2/c1-10(2-5-13(18)19)16-11-3-4-12(15-8-11)17-7-6-14-9-17/h3-4,6-10,16H,2,5H2,1H3,(H,18,19). The first-order valence-corrected chi connectivity index (χ1v) is 6.08. The highest BCUT2D eigenvalue weighted by Gasteiger charge is 2.05. The second kappa shape index (κ2) is 5.99. The number of carbonyl (C=O) groups is 1. The van der Waals surface area contributed by atoms with Crippen LogP contribution in [-0.4, -0.2) is 31.7 Å². The van der Waals surface area contributed by atoms with Crippen molar-refractivity contribution in [1.29, 1.82) is 0 Å². The predicted molar refractivity (Wildman–Crippen MR) is 71.3 cm³/mol. The van der Waals surface area contributed by atoms with E-state index in [0.717, 1.165) is 11.5 Å². The lowest BCUT2D eigenvalue weighted by Crippen LogP contribution is -2.16. The Morgan fingerprint density at radius 1 is 1.53 bits per heavy atom. The second-order valence-electron chi connectivity index (χ2n) is 4.35. The lowest BCUT2D eigenvalue weighted by molar-refractivity contribution is -0.137. The van der Waals surface area contributed by atoms with Gasteiger partial charge in [0.05, 0.1) is 11.9 Å². The molecule has 6 heteroatoms. The Bertz CT molecular complexity index is 522. The van der Waals surface area contributed by atoms with E-state index in [0.29, 0.717) is 6.42 Å². The Labute approximate surface area is 111 Å². The number of aliphatic carboxylic acids is 1. The van der Waals surface area contributed by atoms with Gasteiger partial charge in [0.2, 0.25) is 0 Å². The molecule has 0 aliphatic heterocycles. The van der Waals surface area contributed by atoms with Crippen molar-refractivity contribution in [2.24, 2.45) is 0 Å². The van der Waals surface area contributed by atoms with Gasteiger partial charge in [-0.3, -0.25) is 9.36 Å². The molecule has 2 aromatic heterocycles. The minimum Gasteiger partial charge on any atom is -0.481 e. The van der Waals surface area contributed by atoms with Crippen molar-refractivity contribution in [2.45, 2.75) is 25.8 Å². The van der Waals surface area contributed by atoms with Gasteiger partial charge in [-0.25, -0.2) is 9.97 Å². The minimum absolute atomic E-state index is 0.0944. The van der Waals surface area contributed by atoms with Gasteiger partial charge in [0.15, 0.2) is 0 Å². The van der Waals surface area contributed by atoms with E-state index in [1.807, 2.05) is 29.8 Å². The Kier molecular flexibility index (Phi) is 4.12. The van der Waals surface area contributed by atoms with E-state index in [1.165, 1.54) is 0 Å². The van der Waals surface area contributed by atoms with Gasteiger partial charge >= 0.3 is 5.97 Å². The third-order valence-electron chi connectivity index (χ3n) is 2.72. The molecule has 0 aliphatic carbocycles. The summed E-state index contributed by atoms with van der Waals surface area (Å²) in [6, 6.07) is 3.89. The third-order valence-corrected chi connectivity index (χ3v) is 2.72. The molecule has 0 aliphatic rings. The molecule has 6 nitrogen and oxygen atoms in total. The number of carboxylic acids is 1. The maximum Gasteiger partial charge on any atom is 0.303 e. The van der Waals surface area contributed by atoms with Crippen molar-refractivity contribution in [3.63, 3.8) is 0 Å². The van der Waals surface area contributed by atoms with Gasteiger partial charge < -0.3 is 10.4 Å². The van der Waals surface area contributed by atoms with E-state index in [4.69, 9.17) is 5.11 Å². The maximum absolute atomic E-state index is 10.5. The van der Waals surface area contributed by atoms with E-state index in [9.17, 15) is 4.79 Å². The van der Waals surface area contributed by atoms with Crippen LogP contribution in [-0.2, 0) is 4.79 Å². The molecule has 0 spiro atoms. The summed E-state index contributed by atoms with van der Waals surface area (Å²) in [4.78, 5) is 18.8. The quantitative estimate of drug-likeness (QED) is 0.829. The molecule has 1 unspecified atom stereocenters. The molecule has 2 aromatic rings. The zero-order valence-electron chi connectivity index (χ0n) is 10.7. The monoisotopic (exact) mass is 260 g/mol. The fraction of sp³-hybridized carbons (Fsp3) is 0.308. The number of hydrogen-bond acceptors (Lipinski definition) is 4. The van der Waals surface area contributed by atoms with Crippen LogP contribution in [0.3, 0.4) is 0 Å². The van der Waals surface area contributed by atoms with Gasteiger partial charge in [0.1, 0.15) is 12.1 Å². The van der Waals surface area contributed by atoms with E-state index < -0.39 is 5.97 Å². The van der Waals surface area contributed by atoms with Crippen molar-refractivity contribution in [2.75, 3.05) is 5.32 Å². The van der Waals surface area contributed by atoms with Gasteiger partial charge in [-0.15, -0.1) is 0 Å². The molecule has 0 aromatic carbocycles. The number of aromatic nitrogens is 3. The minimum atomic E-state index is -0.776.